The highest BCUT2D eigenvalue weighted by Crippen LogP contribution is 2.34. The third-order valence-corrected chi connectivity index (χ3v) is 7.18. The Morgan fingerprint density at radius 3 is 2.50 bits per heavy atom. The number of imide groups is 1. The van der Waals surface area contributed by atoms with Crippen LogP contribution in [0, 0.1) is 3.57 Å². The Labute approximate surface area is 215 Å². The summed E-state index contributed by atoms with van der Waals surface area (Å²) in [6.07, 6.45) is 1.75. The van der Waals surface area contributed by atoms with Crippen molar-refractivity contribution >= 4 is 62.3 Å². The van der Waals surface area contributed by atoms with E-state index in [0.29, 0.717) is 17.3 Å². The van der Waals surface area contributed by atoms with Crippen molar-refractivity contribution in [3.05, 3.63) is 116 Å². The summed E-state index contributed by atoms with van der Waals surface area (Å²) in [7, 11) is 0. The van der Waals surface area contributed by atoms with Crippen molar-refractivity contribution in [1.29, 1.82) is 0 Å². The van der Waals surface area contributed by atoms with Crippen LogP contribution in [0.3, 0.4) is 0 Å². The summed E-state index contributed by atoms with van der Waals surface area (Å²) in [5.74, 6) is 0.440. The Morgan fingerprint density at radius 1 is 0.882 bits per heavy atom. The number of nitrogens with zero attached hydrogens (tertiary/aromatic N) is 1. The van der Waals surface area contributed by atoms with Gasteiger partial charge in [0.25, 0.3) is 11.1 Å². The van der Waals surface area contributed by atoms with Crippen LogP contribution in [0.5, 0.6) is 5.75 Å². The van der Waals surface area contributed by atoms with E-state index in [4.69, 9.17) is 4.74 Å². The zero-order chi connectivity index (χ0) is 23.5. The molecule has 34 heavy (non-hydrogen) atoms. The maximum absolute atomic E-state index is 12.9. The molecule has 1 fully saturated rings. The summed E-state index contributed by atoms with van der Waals surface area (Å²) >= 11 is 3.20. The van der Waals surface area contributed by atoms with E-state index in [2.05, 4.69) is 46.9 Å². The van der Waals surface area contributed by atoms with Gasteiger partial charge >= 0.3 is 0 Å². The minimum atomic E-state index is -0.268. The van der Waals surface area contributed by atoms with Crippen LogP contribution in [0.15, 0.2) is 95.9 Å². The fourth-order valence-electron chi connectivity index (χ4n) is 3.83. The molecule has 0 atom stereocenters. The molecule has 0 N–H and O–H groups in total. The van der Waals surface area contributed by atoms with E-state index in [0.717, 1.165) is 32.0 Å². The van der Waals surface area contributed by atoms with Gasteiger partial charge < -0.3 is 4.74 Å². The fraction of sp³-hybridized carbons (Fsp3) is 0.0714. The van der Waals surface area contributed by atoms with Gasteiger partial charge in [-0.2, -0.15) is 0 Å². The maximum Gasteiger partial charge on any atom is 0.293 e. The number of carbonyl (C=O) groups excluding carboxylic acids is 2. The van der Waals surface area contributed by atoms with Crippen molar-refractivity contribution in [1.82, 2.24) is 4.90 Å². The van der Waals surface area contributed by atoms with Crippen molar-refractivity contribution in [3.8, 4) is 5.75 Å². The molecule has 1 aliphatic rings. The number of rotatable bonds is 6. The van der Waals surface area contributed by atoms with Gasteiger partial charge in [0.2, 0.25) is 0 Å². The van der Waals surface area contributed by atoms with E-state index >= 15 is 0 Å². The van der Waals surface area contributed by atoms with Crippen molar-refractivity contribution < 1.29 is 14.3 Å². The Bertz CT molecular complexity index is 1410. The quantitative estimate of drug-likeness (QED) is 0.179. The molecule has 4 aromatic rings. The zero-order valence-corrected chi connectivity index (χ0v) is 21.1. The van der Waals surface area contributed by atoms with E-state index in [1.165, 1.54) is 15.7 Å². The predicted octanol–water partition coefficient (Wildman–Crippen LogP) is 7.26. The standard InChI is InChI=1S/C28H20INO3S/c29-23-13-11-19(12-14-23)17-30-27(31)26(34-28(30)32)16-20-5-3-9-24(15-20)33-18-22-8-4-7-21-6-1-2-10-25(21)22/h1-16H,17-18H2/b26-16+. The number of thioether (sulfide) groups is 1. The SMILES string of the molecule is O=C1S/C(=C/c2cccc(OCc3cccc4ccccc34)c2)C(=O)N1Cc1ccc(I)cc1. The zero-order valence-electron chi connectivity index (χ0n) is 18.1. The number of fused-ring (bicyclic) bond motifs is 1. The number of hydrogen-bond acceptors (Lipinski definition) is 4. The highest BCUT2D eigenvalue weighted by atomic mass is 127. The lowest BCUT2D eigenvalue weighted by Crippen LogP contribution is -2.27. The molecule has 2 amide bonds. The molecule has 5 rings (SSSR count). The average Bonchev–Trinajstić information content (AvgIpc) is 3.11. The Morgan fingerprint density at radius 2 is 1.65 bits per heavy atom. The highest BCUT2D eigenvalue weighted by Gasteiger charge is 2.34. The molecule has 1 aliphatic heterocycles. The molecule has 0 radical (unpaired) electrons. The first-order chi connectivity index (χ1) is 16.6. The molecule has 1 saturated heterocycles. The van der Waals surface area contributed by atoms with Crippen molar-refractivity contribution in [3.63, 3.8) is 0 Å². The van der Waals surface area contributed by atoms with Gasteiger partial charge in [0.05, 0.1) is 11.4 Å². The van der Waals surface area contributed by atoms with Crippen molar-refractivity contribution in [2.75, 3.05) is 0 Å². The van der Waals surface area contributed by atoms with Crippen LogP contribution in [0.25, 0.3) is 16.8 Å². The summed E-state index contributed by atoms with van der Waals surface area (Å²) in [5, 5.41) is 2.10. The third kappa shape index (κ3) is 5.03. The van der Waals surface area contributed by atoms with Gasteiger partial charge in [-0.05, 0) is 92.2 Å². The average molecular weight is 577 g/mol. The number of halogens is 1. The summed E-state index contributed by atoms with van der Waals surface area (Å²) in [5.41, 5.74) is 2.85. The smallest absolute Gasteiger partial charge is 0.293 e. The normalized spacial score (nSPS) is 14.9. The van der Waals surface area contributed by atoms with Gasteiger partial charge in [-0.3, -0.25) is 14.5 Å². The molecule has 0 unspecified atom stereocenters. The first kappa shape index (κ1) is 22.7. The molecule has 4 aromatic carbocycles. The Kier molecular flexibility index (Phi) is 6.69. The topological polar surface area (TPSA) is 46.6 Å². The molecule has 0 aliphatic carbocycles. The lowest BCUT2D eigenvalue weighted by molar-refractivity contribution is -0.123. The lowest BCUT2D eigenvalue weighted by atomic mass is 10.1. The van der Waals surface area contributed by atoms with Crippen LogP contribution in [0.1, 0.15) is 16.7 Å². The molecule has 4 nitrogen and oxygen atoms in total. The van der Waals surface area contributed by atoms with E-state index in [1.807, 2.05) is 66.7 Å². The highest BCUT2D eigenvalue weighted by molar-refractivity contribution is 14.1. The van der Waals surface area contributed by atoms with Crippen LogP contribution < -0.4 is 4.74 Å². The van der Waals surface area contributed by atoms with Gasteiger partial charge in [-0.1, -0.05) is 66.7 Å². The molecule has 0 saturated carbocycles. The number of amides is 2. The number of hydrogen-bond donors (Lipinski definition) is 0. The molecule has 0 aromatic heterocycles. The molecule has 6 heteroatoms. The van der Waals surface area contributed by atoms with E-state index in [1.54, 1.807) is 6.08 Å². The lowest BCUT2D eigenvalue weighted by Gasteiger charge is -2.12. The van der Waals surface area contributed by atoms with E-state index < -0.39 is 0 Å². The minimum absolute atomic E-state index is 0.252. The van der Waals surface area contributed by atoms with Gasteiger partial charge in [0.15, 0.2) is 0 Å². The van der Waals surface area contributed by atoms with Crippen molar-refractivity contribution in [2.45, 2.75) is 13.2 Å². The predicted molar refractivity (Wildman–Crippen MR) is 145 cm³/mol. The second-order valence-corrected chi connectivity index (χ2v) is 10.1. The second kappa shape index (κ2) is 10.0. The molecule has 0 bridgehead atoms. The van der Waals surface area contributed by atoms with Crippen LogP contribution in [0.2, 0.25) is 0 Å². The fourth-order valence-corrected chi connectivity index (χ4v) is 5.03. The molecule has 1 heterocycles. The van der Waals surface area contributed by atoms with Gasteiger partial charge in [-0.15, -0.1) is 0 Å². The van der Waals surface area contributed by atoms with Gasteiger partial charge in [-0.25, -0.2) is 0 Å². The minimum Gasteiger partial charge on any atom is -0.489 e. The van der Waals surface area contributed by atoms with E-state index in [9.17, 15) is 9.59 Å². The summed E-state index contributed by atoms with van der Waals surface area (Å²) in [6.45, 7) is 0.713. The second-order valence-electron chi connectivity index (χ2n) is 7.89. The summed E-state index contributed by atoms with van der Waals surface area (Å²) in [4.78, 5) is 27.1. The first-order valence-electron chi connectivity index (χ1n) is 10.8. The van der Waals surface area contributed by atoms with Crippen LogP contribution in [-0.2, 0) is 17.9 Å². The van der Waals surface area contributed by atoms with Crippen molar-refractivity contribution in [2.24, 2.45) is 0 Å². The third-order valence-electron chi connectivity index (χ3n) is 5.56. The number of benzene rings is 4. The largest absolute Gasteiger partial charge is 0.489 e. The number of carbonyl (C=O) groups is 2. The van der Waals surface area contributed by atoms with Gasteiger partial charge in [0.1, 0.15) is 12.4 Å². The molecular formula is C28H20INO3S. The molecular weight excluding hydrogens is 557 g/mol. The van der Waals surface area contributed by atoms with Gasteiger partial charge in [0, 0.05) is 3.57 Å². The first-order valence-corrected chi connectivity index (χ1v) is 12.7. The van der Waals surface area contributed by atoms with Crippen LogP contribution in [0.4, 0.5) is 4.79 Å². The maximum atomic E-state index is 12.9. The number of ether oxygens (including phenoxy) is 1. The van der Waals surface area contributed by atoms with Crippen LogP contribution >= 0.6 is 34.4 Å². The Balaban J connectivity index is 1.30. The monoisotopic (exact) mass is 577 g/mol. The summed E-state index contributed by atoms with van der Waals surface area (Å²) < 4.78 is 7.17. The molecule has 168 valence electrons. The summed E-state index contributed by atoms with van der Waals surface area (Å²) in [6, 6.07) is 29.8. The Hall–Kier alpha value is -3.10. The van der Waals surface area contributed by atoms with Crippen LogP contribution in [-0.4, -0.2) is 16.0 Å². The van der Waals surface area contributed by atoms with E-state index in [-0.39, 0.29) is 17.7 Å². The molecule has 0 spiro atoms.